The lowest BCUT2D eigenvalue weighted by atomic mass is 9.90. The molecule has 0 saturated heterocycles. The van der Waals surface area contributed by atoms with E-state index in [-0.39, 0.29) is 11.0 Å². The molecule has 0 fully saturated rings. The van der Waals surface area contributed by atoms with Crippen LogP contribution < -0.4 is 5.32 Å². The molecule has 0 aromatic heterocycles. The fourth-order valence-electron chi connectivity index (χ4n) is 2.49. The number of hydrogen-bond acceptors (Lipinski definition) is 3. The zero-order chi connectivity index (χ0) is 14.4. The SMILES string of the molecule is C=C(CC(C)(C)C)NC1=CC(C)(C)N(O)C1(C)C. The van der Waals surface area contributed by atoms with Crippen LogP contribution in [0.25, 0.3) is 0 Å². The largest absolute Gasteiger partial charge is 0.361 e. The Morgan fingerprint density at radius 1 is 1.33 bits per heavy atom. The number of nitrogens with zero attached hydrogens (tertiary/aromatic N) is 1. The third-order valence-corrected chi connectivity index (χ3v) is 3.29. The molecule has 0 spiro atoms. The zero-order valence-electron chi connectivity index (χ0n) is 12.9. The predicted octanol–water partition coefficient (Wildman–Crippen LogP) is 3.67. The second kappa shape index (κ2) is 4.39. The second-order valence-corrected chi connectivity index (χ2v) is 7.55. The molecule has 0 aromatic rings. The summed E-state index contributed by atoms with van der Waals surface area (Å²) in [5, 5.41) is 15.0. The van der Waals surface area contributed by atoms with Crippen molar-refractivity contribution in [1.29, 1.82) is 0 Å². The summed E-state index contributed by atoms with van der Waals surface area (Å²) in [6, 6.07) is 0. The molecule has 3 heteroatoms. The average Bonchev–Trinajstić information content (AvgIpc) is 2.24. The second-order valence-electron chi connectivity index (χ2n) is 7.55. The number of allylic oxidation sites excluding steroid dienone is 1. The maximum absolute atomic E-state index is 10.2. The Labute approximate surface area is 112 Å². The van der Waals surface area contributed by atoms with Crippen LogP contribution in [0.3, 0.4) is 0 Å². The molecule has 0 aliphatic carbocycles. The van der Waals surface area contributed by atoms with Gasteiger partial charge in [0.2, 0.25) is 0 Å². The Morgan fingerprint density at radius 3 is 2.17 bits per heavy atom. The maximum Gasteiger partial charge on any atom is 0.0808 e. The Balaban J connectivity index is 2.82. The van der Waals surface area contributed by atoms with E-state index in [1.807, 2.05) is 27.7 Å². The summed E-state index contributed by atoms with van der Waals surface area (Å²) < 4.78 is 0. The topological polar surface area (TPSA) is 35.5 Å². The van der Waals surface area contributed by atoms with E-state index in [0.29, 0.717) is 0 Å². The molecule has 18 heavy (non-hydrogen) atoms. The molecule has 0 radical (unpaired) electrons. The summed E-state index contributed by atoms with van der Waals surface area (Å²) in [7, 11) is 0. The standard InChI is InChI=1S/C15H28N2O/c1-11(9-13(2,3)4)16-12-10-14(5,6)17(18)15(12,7)8/h10,16,18H,1,9H2,2-8H3. The van der Waals surface area contributed by atoms with Gasteiger partial charge in [-0.3, -0.25) is 0 Å². The highest BCUT2D eigenvalue weighted by atomic mass is 16.5. The van der Waals surface area contributed by atoms with E-state index in [0.717, 1.165) is 17.8 Å². The third-order valence-electron chi connectivity index (χ3n) is 3.29. The lowest BCUT2D eigenvalue weighted by Gasteiger charge is -2.36. The summed E-state index contributed by atoms with van der Waals surface area (Å²) in [4.78, 5) is 0. The lowest BCUT2D eigenvalue weighted by Crippen LogP contribution is -2.49. The molecule has 104 valence electrons. The summed E-state index contributed by atoms with van der Waals surface area (Å²) in [6.07, 6.45) is 2.98. The van der Waals surface area contributed by atoms with Crippen LogP contribution in [0.2, 0.25) is 0 Å². The van der Waals surface area contributed by atoms with Gasteiger partial charge in [0, 0.05) is 11.4 Å². The van der Waals surface area contributed by atoms with Crippen molar-refractivity contribution in [3.63, 3.8) is 0 Å². The molecule has 2 N–H and O–H groups in total. The van der Waals surface area contributed by atoms with Crippen LogP contribution in [0.4, 0.5) is 0 Å². The van der Waals surface area contributed by atoms with Gasteiger partial charge in [0.05, 0.1) is 11.1 Å². The summed E-state index contributed by atoms with van der Waals surface area (Å²) in [6.45, 7) is 18.7. The van der Waals surface area contributed by atoms with Gasteiger partial charge >= 0.3 is 0 Å². The van der Waals surface area contributed by atoms with Gasteiger partial charge in [-0.1, -0.05) is 27.4 Å². The Hall–Kier alpha value is -0.800. The van der Waals surface area contributed by atoms with Crippen LogP contribution in [-0.4, -0.2) is 21.3 Å². The first kappa shape index (κ1) is 15.3. The van der Waals surface area contributed by atoms with Crippen LogP contribution in [0.5, 0.6) is 0 Å². The van der Waals surface area contributed by atoms with Crippen molar-refractivity contribution >= 4 is 0 Å². The van der Waals surface area contributed by atoms with Crippen LogP contribution in [0.15, 0.2) is 24.0 Å². The molecule has 0 unspecified atom stereocenters. The van der Waals surface area contributed by atoms with E-state index in [1.165, 1.54) is 5.06 Å². The quantitative estimate of drug-likeness (QED) is 0.804. The van der Waals surface area contributed by atoms with Crippen molar-refractivity contribution in [2.24, 2.45) is 5.41 Å². The minimum absolute atomic E-state index is 0.210. The molecule has 1 rings (SSSR count). The molecule has 1 aliphatic rings. The lowest BCUT2D eigenvalue weighted by molar-refractivity contribution is -0.185. The molecule has 3 nitrogen and oxygen atoms in total. The molecule has 0 saturated carbocycles. The number of hydrogen-bond donors (Lipinski definition) is 2. The normalized spacial score (nSPS) is 22.8. The van der Waals surface area contributed by atoms with E-state index in [9.17, 15) is 5.21 Å². The number of rotatable bonds is 3. The highest BCUT2D eigenvalue weighted by molar-refractivity contribution is 5.30. The fraction of sp³-hybridized carbons (Fsp3) is 0.733. The van der Waals surface area contributed by atoms with Gasteiger partial charge in [0.15, 0.2) is 0 Å². The van der Waals surface area contributed by atoms with Crippen LogP contribution in [0.1, 0.15) is 54.9 Å². The zero-order valence-corrected chi connectivity index (χ0v) is 12.9. The third kappa shape index (κ3) is 3.15. The summed E-state index contributed by atoms with van der Waals surface area (Å²) in [5.41, 5.74) is 1.46. The van der Waals surface area contributed by atoms with E-state index < -0.39 is 5.54 Å². The Kier molecular flexibility index (Phi) is 3.72. The van der Waals surface area contributed by atoms with Gasteiger partial charge in [0.25, 0.3) is 0 Å². The minimum atomic E-state index is -0.412. The van der Waals surface area contributed by atoms with Gasteiger partial charge in [-0.2, -0.15) is 5.06 Å². The molecule has 0 amide bonds. The van der Waals surface area contributed by atoms with Gasteiger partial charge in [-0.05, 0) is 45.6 Å². The first-order valence-electron chi connectivity index (χ1n) is 6.54. The van der Waals surface area contributed by atoms with Gasteiger partial charge in [0.1, 0.15) is 0 Å². The maximum atomic E-state index is 10.2. The van der Waals surface area contributed by atoms with Crippen LogP contribution >= 0.6 is 0 Å². The highest BCUT2D eigenvalue weighted by Gasteiger charge is 2.45. The molecule has 1 heterocycles. The van der Waals surface area contributed by atoms with Gasteiger partial charge < -0.3 is 10.5 Å². The first-order chi connectivity index (χ1) is 7.86. The van der Waals surface area contributed by atoms with Crippen molar-refractivity contribution in [3.05, 3.63) is 24.0 Å². The average molecular weight is 252 g/mol. The Bertz CT molecular complexity index is 372. The smallest absolute Gasteiger partial charge is 0.0808 e. The van der Waals surface area contributed by atoms with Crippen molar-refractivity contribution in [1.82, 2.24) is 10.4 Å². The molecule has 0 atom stereocenters. The highest BCUT2D eigenvalue weighted by Crippen LogP contribution is 2.37. The monoisotopic (exact) mass is 252 g/mol. The van der Waals surface area contributed by atoms with Crippen molar-refractivity contribution in [2.75, 3.05) is 0 Å². The fourth-order valence-corrected chi connectivity index (χ4v) is 2.49. The van der Waals surface area contributed by atoms with E-state index in [4.69, 9.17) is 0 Å². The molecule has 1 aliphatic heterocycles. The minimum Gasteiger partial charge on any atom is -0.361 e. The number of hydroxylamine groups is 2. The number of nitrogens with one attached hydrogen (secondary N) is 1. The first-order valence-corrected chi connectivity index (χ1v) is 6.54. The van der Waals surface area contributed by atoms with Crippen LogP contribution in [0, 0.1) is 5.41 Å². The van der Waals surface area contributed by atoms with Crippen molar-refractivity contribution in [3.8, 4) is 0 Å². The van der Waals surface area contributed by atoms with E-state index in [2.05, 4.69) is 38.7 Å². The van der Waals surface area contributed by atoms with Gasteiger partial charge in [-0.15, -0.1) is 0 Å². The van der Waals surface area contributed by atoms with E-state index >= 15 is 0 Å². The molecular formula is C15H28N2O. The van der Waals surface area contributed by atoms with Crippen molar-refractivity contribution in [2.45, 2.75) is 66.0 Å². The summed E-state index contributed by atoms with van der Waals surface area (Å²) in [5.74, 6) is 0. The van der Waals surface area contributed by atoms with E-state index in [1.54, 1.807) is 0 Å². The van der Waals surface area contributed by atoms with Crippen LogP contribution in [-0.2, 0) is 0 Å². The molecule has 0 aromatic carbocycles. The van der Waals surface area contributed by atoms with Gasteiger partial charge in [-0.25, -0.2) is 0 Å². The summed E-state index contributed by atoms with van der Waals surface area (Å²) >= 11 is 0. The molecule has 0 bridgehead atoms. The Morgan fingerprint density at radius 2 is 1.83 bits per heavy atom. The molecular weight excluding hydrogens is 224 g/mol. The van der Waals surface area contributed by atoms with Crippen molar-refractivity contribution < 1.29 is 5.21 Å². The predicted molar refractivity (Wildman–Crippen MR) is 76.2 cm³/mol.